The lowest BCUT2D eigenvalue weighted by atomic mass is 10.2. The Morgan fingerprint density at radius 2 is 2.17 bits per heavy atom. The van der Waals surface area contributed by atoms with E-state index < -0.39 is 9.84 Å². The number of hydrogen-bond donors (Lipinski definition) is 1. The minimum Gasteiger partial charge on any atom is -0.336 e. The van der Waals surface area contributed by atoms with Crippen LogP contribution in [0.2, 0.25) is 0 Å². The number of halogens is 1. The largest absolute Gasteiger partial charge is 0.336 e. The molecule has 1 atom stereocenters. The first-order valence-corrected chi connectivity index (χ1v) is 8.94. The highest BCUT2D eigenvalue weighted by molar-refractivity contribution is 7.90. The van der Waals surface area contributed by atoms with Gasteiger partial charge in [-0.2, -0.15) is 0 Å². The summed E-state index contributed by atoms with van der Waals surface area (Å²) in [5, 5.41) is 3.10. The Labute approximate surface area is 141 Å². The zero-order chi connectivity index (χ0) is 15.9. The molecule has 7 nitrogen and oxygen atoms in total. The highest BCUT2D eigenvalue weighted by Crippen LogP contribution is 2.19. The SMILES string of the molecule is CN(C(=O)c1nc(S(C)(=O)=O)n2ccccc12)C1CCNC1.Cl. The maximum absolute atomic E-state index is 12.7. The van der Waals surface area contributed by atoms with Crippen molar-refractivity contribution >= 4 is 33.7 Å². The Morgan fingerprint density at radius 3 is 2.78 bits per heavy atom. The van der Waals surface area contributed by atoms with E-state index in [9.17, 15) is 13.2 Å². The molecule has 1 amide bonds. The molecule has 1 fully saturated rings. The summed E-state index contributed by atoms with van der Waals surface area (Å²) < 4.78 is 25.2. The van der Waals surface area contributed by atoms with Gasteiger partial charge in [-0.05, 0) is 25.1 Å². The Hall–Kier alpha value is -1.64. The van der Waals surface area contributed by atoms with Gasteiger partial charge in [0, 0.05) is 32.1 Å². The van der Waals surface area contributed by atoms with Gasteiger partial charge in [-0.1, -0.05) is 6.07 Å². The summed E-state index contributed by atoms with van der Waals surface area (Å²) in [4.78, 5) is 18.5. The molecule has 0 bridgehead atoms. The van der Waals surface area contributed by atoms with Crippen molar-refractivity contribution in [3.63, 3.8) is 0 Å². The Morgan fingerprint density at radius 1 is 1.43 bits per heavy atom. The molecule has 3 heterocycles. The molecule has 2 aromatic heterocycles. The van der Waals surface area contributed by atoms with Gasteiger partial charge < -0.3 is 10.2 Å². The molecule has 0 aliphatic carbocycles. The second kappa shape index (κ2) is 6.46. The van der Waals surface area contributed by atoms with Crippen LogP contribution in [0.1, 0.15) is 16.9 Å². The highest BCUT2D eigenvalue weighted by Gasteiger charge is 2.29. The maximum atomic E-state index is 12.7. The number of aromatic nitrogens is 2. The Kier molecular flexibility index (Phi) is 4.98. The van der Waals surface area contributed by atoms with Gasteiger partial charge in [0.1, 0.15) is 0 Å². The number of nitrogens with one attached hydrogen (secondary N) is 1. The van der Waals surface area contributed by atoms with Crippen LogP contribution in [0.5, 0.6) is 0 Å². The molecule has 1 unspecified atom stereocenters. The summed E-state index contributed by atoms with van der Waals surface area (Å²) in [5.41, 5.74) is 0.682. The van der Waals surface area contributed by atoms with Crippen molar-refractivity contribution in [1.29, 1.82) is 0 Å². The van der Waals surface area contributed by atoms with E-state index in [-0.39, 0.29) is 35.2 Å². The smallest absolute Gasteiger partial charge is 0.274 e. The maximum Gasteiger partial charge on any atom is 0.274 e. The van der Waals surface area contributed by atoms with E-state index in [2.05, 4.69) is 10.3 Å². The molecule has 0 spiro atoms. The molecule has 0 radical (unpaired) electrons. The first-order chi connectivity index (χ1) is 10.4. The van der Waals surface area contributed by atoms with E-state index in [1.54, 1.807) is 36.3 Å². The molecule has 1 aliphatic heterocycles. The van der Waals surface area contributed by atoms with Crippen LogP contribution in [0.15, 0.2) is 29.6 Å². The van der Waals surface area contributed by atoms with E-state index in [1.165, 1.54) is 4.40 Å². The van der Waals surface area contributed by atoms with Gasteiger partial charge in [-0.3, -0.25) is 9.20 Å². The lowest BCUT2D eigenvalue weighted by Gasteiger charge is -2.22. The average molecular weight is 359 g/mol. The summed E-state index contributed by atoms with van der Waals surface area (Å²) in [6.07, 6.45) is 3.58. The fourth-order valence-electron chi connectivity index (χ4n) is 2.73. The number of sulfone groups is 1. The van der Waals surface area contributed by atoms with E-state index in [1.807, 2.05) is 0 Å². The minimum atomic E-state index is -3.52. The number of fused-ring (bicyclic) bond motifs is 1. The third-order valence-corrected chi connectivity index (χ3v) is 4.90. The van der Waals surface area contributed by atoms with Crippen LogP contribution in [-0.2, 0) is 9.84 Å². The lowest BCUT2D eigenvalue weighted by molar-refractivity contribution is 0.0740. The van der Waals surface area contributed by atoms with Crippen molar-refractivity contribution in [1.82, 2.24) is 19.6 Å². The quantitative estimate of drug-likeness (QED) is 0.868. The molecule has 1 saturated heterocycles. The van der Waals surface area contributed by atoms with Gasteiger partial charge in [-0.25, -0.2) is 13.4 Å². The van der Waals surface area contributed by atoms with Crippen LogP contribution in [0.4, 0.5) is 0 Å². The van der Waals surface area contributed by atoms with Crippen LogP contribution in [0.3, 0.4) is 0 Å². The number of likely N-dealkylation sites (N-methyl/N-ethyl adjacent to an activating group) is 1. The summed E-state index contributed by atoms with van der Waals surface area (Å²) in [7, 11) is -1.79. The number of hydrogen-bond acceptors (Lipinski definition) is 5. The van der Waals surface area contributed by atoms with Gasteiger partial charge in [0.15, 0.2) is 5.69 Å². The second-order valence-electron chi connectivity index (χ2n) is 5.53. The second-order valence-corrected chi connectivity index (χ2v) is 7.44. The predicted molar refractivity (Wildman–Crippen MR) is 88.9 cm³/mol. The number of carbonyl (C=O) groups excluding carboxylic acids is 1. The molecule has 3 rings (SSSR count). The topological polar surface area (TPSA) is 83.8 Å². The Balaban J connectivity index is 0.00000192. The molecule has 9 heteroatoms. The van der Waals surface area contributed by atoms with Crippen molar-refractivity contribution in [2.24, 2.45) is 0 Å². The van der Waals surface area contributed by atoms with Gasteiger partial charge in [0.05, 0.1) is 5.52 Å². The third kappa shape index (κ3) is 3.19. The molecule has 0 aromatic carbocycles. The van der Waals surface area contributed by atoms with Crippen molar-refractivity contribution < 1.29 is 13.2 Å². The normalized spacial score (nSPS) is 17.9. The molecule has 0 saturated carbocycles. The molecule has 1 aliphatic rings. The number of pyridine rings is 1. The first-order valence-electron chi connectivity index (χ1n) is 7.04. The van der Waals surface area contributed by atoms with E-state index in [4.69, 9.17) is 0 Å². The van der Waals surface area contributed by atoms with Crippen molar-refractivity contribution in [2.75, 3.05) is 26.4 Å². The average Bonchev–Trinajstić information content (AvgIpc) is 3.12. The first kappa shape index (κ1) is 17.7. The molecule has 126 valence electrons. The Bertz CT molecular complexity index is 828. The number of carbonyl (C=O) groups is 1. The predicted octanol–water partition coefficient (Wildman–Crippen LogP) is 0.593. The summed E-state index contributed by atoms with van der Waals surface area (Å²) in [6.45, 7) is 1.62. The van der Waals surface area contributed by atoms with E-state index in [0.29, 0.717) is 5.52 Å². The number of imidazole rings is 1. The lowest BCUT2D eigenvalue weighted by Crippen LogP contribution is -2.38. The van der Waals surface area contributed by atoms with Gasteiger partial charge >= 0.3 is 0 Å². The van der Waals surface area contributed by atoms with Crippen molar-refractivity contribution in [3.05, 3.63) is 30.1 Å². The molecular formula is C14H19ClN4O3S. The molecule has 2 aromatic rings. The zero-order valence-corrected chi connectivity index (χ0v) is 14.5. The fraction of sp³-hybridized carbons (Fsp3) is 0.429. The van der Waals surface area contributed by atoms with Crippen LogP contribution < -0.4 is 5.32 Å². The van der Waals surface area contributed by atoms with Crippen molar-refractivity contribution in [3.8, 4) is 0 Å². The molecule has 23 heavy (non-hydrogen) atoms. The highest BCUT2D eigenvalue weighted by atomic mass is 35.5. The number of rotatable bonds is 3. The van der Waals surface area contributed by atoms with Crippen LogP contribution in [-0.4, -0.2) is 61.0 Å². The van der Waals surface area contributed by atoms with Crippen LogP contribution in [0, 0.1) is 0 Å². The van der Waals surface area contributed by atoms with E-state index >= 15 is 0 Å². The van der Waals surface area contributed by atoms with Crippen molar-refractivity contribution in [2.45, 2.75) is 17.6 Å². The summed E-state index contributed by atoms with van der Waals surface area (Å²) in [5.74, 6) is -0.257. The standard InChI is InChI=1S/C14H18N4O3S.ClH/c1-17(10-6-7-15-9-10)13(19)12-11-5-3-4-8-18(11)14(16-12)22(2,20)21;/h3-5,8,10,15H,6-7,9H2,1-2H3;1H. The van der Waals surface area contributed by atoms with Gasteiger partial charge in [0.2, 0.25) is 15.0 Å². The molecule has 1 N–H and O–H groups in total. The summed E-state index contributed by atoms with van der Waals surface area (Å²) >= 11 is 0. The summed E-state index contributed by atoms with van der Waals surface area (Å²) in [6, 6.07) is 5.28. The van der Waals surface area contributed by atoms with E-state index in [0.717, 1.165) is 25.8 Å². The van der Waals surface area contributed by atoms with Crippen LogP contribution in [0.25, 0.3) is 5.52 Å². The van der Waals surface area contributed by atoms with Crippen LogP contribution >= 0.6 is 12.4 Å². The monoisotopic (exact) mass is 358 g/mol. The zero-order valence-electron chi connectivity index (χ0n) is 12.9. The van der Waals surface area contributed by atoms with Gasteiger partial charge in [0.25, 0.3) is 5.91 Å². The number of amides is 1. The number of nitrogens with zero attached hydrogens (tertiary/aromatic N) is 3. The fourth-order valence-corrected chi connectivity index (χ4v) is 3.51. The minimum absolute atomic E-state index is 0. The third-order valence-electron chi connectivity index (χ3n) is 3.95. The molecular weight excluding hydrogens is 340 g/mol. The van der Waals surface area contributed by atoms with Gasteiger partial charge in [-0.15, -0.1) is 12.4 Å².